The van der Waals surface area contributed by atoms with Gasteiger partial charge in [-0.2, -0.15) is 8.42 Å². The number of ether oxygens (including phenoxy) is 1. The van der Waals surface area contributed by atoms with Crippen molar-refractivity contribution in [1.82, 2.24) is 0 Å². The third-order valence-electron chi connectivity index (χ3n) is 3.78. The van der Waals surface area contributed by atoms with Crippen molar-refractivity contribution in [3.63, 3.8) is 0 Å². The summed E-state index contributed by atoms with van der Waals surface area (Å²) in [6.45, 7) is 7.26. The molecule has 2 rings (SSSR count). The summed E-state index contributed by atoms with van der Waals surface area (Å²) in [5, 5.41) is 0. The summed E-state index contributed by atoms with van der Waals surface area (Å²) >= 11 is 0. The van der Waals surface area contributed by atoms with E-state index in [9.17, 15) is 17.8 Å². The highest BCUT2D eigenvalue weighted by atomic mass is 32.2. The Hall–Kier alpha value is -2.18. The fourth-order valence-electron chi connectivity index (χ4n) is 2.10. The second-order valence-electron chi connectivity index (χ2n) is 5.54. The Morgan fingerprint density at radius 3 is 2.04 bits per heavy atom. The normalized spacial score (nSPS) is 11.3. The number of carbonyl (C=O) groups is 1. The van der Waals surface area contributed by atoms with Crippen LogP contribution in [-0.4, -0.2) is 18.9 Å². The van der Waals surface area contributed by atoms with E-state index in [1.54, 1.807) is 26.0 Å². The van der Waals surface area contributed by atoms with Crippen LogP contribution in [0.4, 0.5) is 0 Å². The van der Waals surface area contributed by atoms with Crippen molar-refractivity contribution in [2.75, 3.05) is 0 Å². The van der Waals surface area contributed by atoms with Crippen molar-refractivity contribution in [2.45, 2.75) is 32.6 Å². The van der Waals surface area contributed by atoms with Crippen molar-refractivity contribution in [3.8, 4) is 5.75 Å². The van der Waals surface area contributed by atoms with Gasteiger partial charge in [0.15, 0.2) is 0 Å². The van der Waals surface area contributed by atoms with E-state index >= 15 is 0 Å². The molecule has 0 aliphatic rings. The van der Waals surface area contributed by atoms with Crippen molar-refractivity contribution in [2.24, 2.45) is 0 Å². The van der Waals surface area contributed by atoms with E-state index < -0.39 is 21.0 Å². The first kappa shape index (κ1) is 17.2. The summed E-state index contributed by atoms with van der Waals surface area (Å²) in [6, 6.07) is 7.81. The number of hydrogen-bond donors (Lipinski definition) is 1. The molecule has 0 radical (unpaired) electrons. The minimum Gasteiger partial charge on any atom is -0.423 e. The molecule has 0 atom stereocenters. The van der Waals surface area contributed by atoms with Gasteiger partial charge >= 0.3 is 5.97 Å². The van der Waals surface area contributed by atoms with Crippen molar-refractivity contribution in [3.05, 3.63) is 58.1 Å². The molecule has 0 saturated heterocycles. The zero-order valence-electron chi connectivity index (χ0n) is 13.4. The molecule has 1 N–H and O–H groups in total. The zero-order chi connectivity index (χ0) is 17.4. The molecule has 0 unspecified atom stereocenters. The molecule has 0 aromatic heterocycles. The number of esters is 1. The topological polar surface area (TPSA) is 80.7 Å². The quantitative estimate of drug-likeness (QED) is 0.529. The van der Waals surface area contributed by atoms with Gasteiger partial charge in [0.2, 0.25) is 0 Å². The first-order valence-electron chi connectivity index (χ1n) is 6.98. The molecule has 122 valence electrons. The van der Waals surface area contributed by atoms with Gasteiger partial charge in [0.05, 0.1) is 5.56 Å². The molecule has 0 fully saturated rings. The molecule has 6 heteroatoms. The van der Waals surface area contributed by atoms with Crippen LogP contribution in [0.3, 0.4) is 0 Å². The average molecular weight is 334 g/mol. The lowest BCUT2D eigenvalue weighted by Gasteiger charge is -2.11. The highest BCUT2D eigenvalue weighted by molar-refractivity contribution is 7.86. The molecular formula is C17H18O5S. The van der Waals surface area contributed by atoms with Gasteiger partial charge in [-0.3, -0.25) is 4.55 Å². The lowest BCUT2D eigenvalue weighted by molar-refractivity contribution is 0.0730. The third-order valence-corrected chi connectivity index (χ3v) is 4.68. The number of rotatable bonds is 3. The molecular weight excluding hydrogens is 316 g/mol. The van der Waals surface area contributed by atoms with Crippen LogP contribution >= 0.6 is 0 Å². The highest BCUT2D eigenvalue weighted by Gasteiger charge is 2.23. The maximum absolute atomic E-state index is 12.3. The molecule has 0 heterocycles. The van der Waals surface area contributed by atoms with E-state index in [4.69, 9.17) is 4.74 Å². The summed E-state index contributed by atoms with van der Waals surface area (Å²) in [7, 11) is -4.53. The van der Waals surface area contributed by atoms with Gasteiger partial charge in [0, 0.05) is 0 Å². The van der Waals surface area contributed by atoms with Gasteiger partial charge in [-0.05, 0) is 74.2 Å². The Balaban J connectivity index is 2.46. The van der Waals surface area contributed by atoms with Crippen LogP contribution in [0.2, 0.25) is 0 Å². The number of aryl methyl sites for hydroxylation is 4. The molecule has 0 bridgehead atoms. The SMILES string of the molecule is Cc1ccc(OC(=O)c2cc(C)c(C)cc2S(=O)(=O)O)cc1C. The predicted molar refractivity (Wildman–Crippen MR) is 86.6 cm³/mol. The smallest absolute Gasteiger partial charge is 0.344 e. The maximum Gasteiger partial charge on any atom is 0.344 e. The molecule has 23 heavy (non-hydrogen) atoms. The van der Waals surface area contributed by atoms with E-state index in [-0.39, 0.29) is 5.56 Å². The number of benzene rings is 2. The molecule has 0 spiro atoms. The first-order valence-corrected chi connectivity index (χ1v) is 8.42. The van der Waals surface area contributed by atoms with Crippen LogP contribution in [0.25, 0.3) is 0 Å². The average Bonchev–Trinajstić information content (AvgIpc) is 2.44. The fourth-order valence-corrected chi connectivity index (χ4v) is 2.85. The van der Waals surface area contributed by atoms with Crippen LogP contribution in [0, 0.1) is 27.7 Å². The lowest BCUT2D eigenvalue weighted by atomic mass is 10.1. The summed E-state index contributed by atoms with van der Waals surface area (Å²) < 4.78 is 37.6. The monoisotopic (exact) mass is 334 g/mol. The van der Waals surface area contributed by atoms with Crippen LogP contribution in [0.15, 0.2) is 35.2 Å². The Morgan fingerprint density at radius 2 is 1.48 bits per heavy atom. The third kappa shape index (κ3) is 3.78. The minimum atomic E-state index is -4.53. The van der Waals surface area contributed by atoms with Crippen LogP contribution in [0.1, 0.15) is 32.6 Å². The van der Waals surface area contributed by atoms with Gasteiger partial charge in [0.25, 0.3) is 10.1 Å². The largest absolute Gasteiger partial charge is 0.423 e. The Labute approximate surface area is 135 Å². The summed E-state index contributed by atoms with van der Waals surface area (Å²) in [5.41, 5.74) is 3.19. The molecule has 0 aliphatic heterocycles. The van der Waals surface area contributed by atoms with Gasteiger partial charge in [-0.15, -0.1) is 0 Å². The molecule has 5 nitrogen and oxygen atoms in total. The van der Waals surface area contributed by atoms with Crippen LogP contribution in [-0.2, 0) is 10.1 Å². The number of hydrogen-bond acceptors (Lipinski definition) is 4. The summed E-state index contributed by atoms with van der Waals surface area (Å²) in [6.07, 6.45) is 0. The van der Waals surface area contributed by atoms with E-state index in [0.29, 0.717) is 11.3 Å². The lowest BCUT2D eigenvalue weighted by Crippen LogP contribution is -2.15. The molecule has 2 aromatic carbocycles. The summed E-state index contributed by atoms with van der Waals surface area (Å²) in [4.78, 5) is 11.9. The van der Waals surface area contributed by atoms with E-state index in [1.807, 2.05) is 19.9 Å². The second kappa shape index (κ2) is 6.14. The van der Waals surface area contributed by atoms with Crippen molar-refractivity contribution >= 4 is 16.1 Å². The van der Waals surface area contributed by atoms with Gasteiger partial charge in [-0.25, -0.2) is 4.79 Å². The maximum atomic E-state index is 12.3. The molecule has 0 saturated carbocycles. The van der Waals surface area contributed by atoms with Gasteiger partial charge in [-0.1, -0.05) is 6.07 Å². The minimum absolute atomic E-state index is 0.186. The Morgan fingerprint density at radius 1 is 0.913 bits per heavy atom. The van der Waals surface area contributed by atoms with Crippen LogP contribution in [0.5, 0.6) is 5.75 Å². The zero-order valence-corrected chi connectivity index (χ0v) is 14.2. The Kier molecular flexibility index (Phi) is 4.58. The van der Waals surface area contributed by atoms with Crippen LogP contribution < -0.4 is 4.74 Å². The standard InChI is InChI=1S/C17H18O5S/c1-10-5-6-14(7-11(10)2)22-17(18)15-8-12(3)13(4)9-16(15)23(19,20)21/h5-9H,1-4H3,(H,19,20,21). The van der Waals surface area contributed by atoms with Gasteiger partial charge in [0.1, 0.15) is 10.6 Å². The van der Waals surface area contributed by atoms with Crippen molar-refractivity contribution < 1.29 is 22.5 Å². The van der Waals surface area contributed by atoms with E-state index in [1.165, 1.54) is 12.1 Å². The number of carbonyl (C=O) groups excluding carboxylic acids is 1. The molecule has 2 aromatic rings. The van der Waals surface area contributed by atoms with E-state index in [0.717, 1.165) is 16.7 Å². The predicted octanol–water partition coefficient (Wildman–Crippen LogP) is 3.39. The molecule has 0 amide bonds. The van der Waals surface area contributed by atoms with Gasteiger partial charge < -0.3 is 4.74 Å². The Bertz CT molecular complexity index is 882. The van der Waals surface area contributed by atoms with E-state index in [2.05, 4.69) is 0 Å². The fraction of sp³-hybridized carbons (Fsp3) is 0.235. The second-order valence-corrected chi connectivity index (χ2v) is 6.93. The van der Waals surface area contributed by atoms with Crippen molar-refractivity contribution in [1.29, 1.82) is 0 Å². The highest BCUT2D eigenvalue weighted by Crippen LogP contribution is 2.23. The summed E-state index contributed by atoms with van der Waals surface area (Å²) in [5.74, 6) is -0.512. The first-order chi connectivity index (χ1) is 10.6. The molecule has 0 aliphatic carbocycles.